The van der Waals surface area contributed by atoms with Gasteiger partial charge in [0.05, 0.1) is 5.02 Å². The molecule has 0 saturated heterocycles. The fourth-order valence-electron chi connectivity index (χ4n) is 2.76. The Balaban J connectivity index is 1.52. The fraction of sp³-hybridized carbons (Fsp3) is 0.182. The Hall–Kier alpha value is -3.14. The summed E-state index contributed by atoms with van der Waals surface area (Å²) in [5.74, 6) is -0.860. The van der Waals surface area contributed by atoms with Crippen molar-refractivity contribution in [2.24, 2.45) is 0 Å². The number of hydrogen-bond acceptors (Lipinski definition) is 6. The first kappa shape index (κ1) is 23.5. The molecule has 0 fully saturated rings. The molecule has 3 aromatic rings. The molecule has 0 aromatic heterocycles. The number of halogens is 1. The summed E-state index contributed by atoms with van der Waals surface area (Å²) in [6.07, 6.45) is 0. The summed E-state index contributed by atoms with van der Waals surface area (Å²) < 4.78 is 36.0. The molecule has 1 amide bonds. The second kappa shape index (κ2) is 9.99. The van der Waals surface area contributed by atoms with E-state index in [1.165, 1.54) is 32.3 Å². The highest BCUT2D eigenvalue weighted by atomic mass is 35.5. The van der Waals surface area contributed by atoms with Gasteiger partial charge >= 0.3 is 5.97 Å². The summed E-state index contributed by atoms with van der Waals surface area (Å²) in [7, 11) is -1.05. The van der Waals surface area contributed by atoms with Crippen LogP contribution < -0.4 is 10.1 Å². The Labute approximate surface area is 190 Å². The van der Waals surface area contributed by atoms with Crippen molar-refractivity contribution in [1.29, 1.82) is 0 Å². The lowest BCUT2D eigenvalue weighted by molar-refractivity contribution is -0.149. The number of carbonyl (C=O) groups excluding carboxylic acids is 2. The molecule has 0 bridgehead atoms. The highest BCUT2D eigenvalue weighted by Gasteiger charge is 2.21. The van der Waals surface area contributed by atoms with E-state index >= 15 is 0 Å². The van der Waals surface area contributed by atoms with Gasteiger partial charge in [-0.2, -0.15) is 0 Å². The fourth-order valence-corrected chi connectivity index (χ4v) is 4.15. The Morgan fingerprint density at radius 1 is 0.969 bits per heavy atom. The number of hydrogen-bond donors (Lipinski definition) is 1. The molecule has 8 nitrogen and oxygen atoms in total. The molecule has 0 aliphatic rings. The minimum Gasteiger partial charge on any atom is -0.482 e. The molecular weight excluding hydrogens is 456 g/mol. The monoisotopic (exact) mass is 476 g/mol. The third-order valence-electron chi connectivity index (χ3n) is 4.42. The maximum Gasteiger partial charge on any atom is 0.344 e. The predicted octanol–water partition coefficient (Wildman–Crippen LogP) is 3.30. The molecule has 0 radical (unpaired) electrons. The highest BCUT2D eigenvalue weighted by Crippen LogP contribution is 2.27. The number of sulfonamides is 1. The predicted molar refractivity (Wildman–Crippen MR) is 121 cm³/mol. The van der Waals surface area contributed by atoms with Gasteiger partial charge in [-0.15, -0.1) is 0 Å². The number of fused-ring (bicyclic) bond motifs is 1. The van der Waals surface area contributed by atoms with Crippen molar-refractivity contribution in [2.45, 2.75) is 4.90 Å². The molecule has 0 saturated carbocycles. The lowest BCUT2D eigenvalue weighted by Crippen LogP contribution is -2.24. The van der Waals surface area contributed by atoms with Crippen molar-refractivity contribution in [3.8, 4) is 5.75 Å². The number of ether oxygens (including phenoxy) is 2. The molecule has 0 aliphatic heterocycles. The molecule has 0 atom stereocenters. The van der Waals surface area contributed by atoms with Gasteiger partial charge < -0.3 is 14.8 Å². The van der Waals surface area contributed by atoms with E-state index in [1.54, 1.807) is 12.1 Å². The number of anilines is 1. The van der Waals surface area contributed by atoms with Gasteiger partial charge in [-0.25, -0.2) is 17.5 Å². The van der Waals surface area contributed by atoms with E-state index in [1.807, 2.05) is 30.3 Å². The van der Waals surface area contributed by atoms with E-state index in [-0.39, 0.29) is 22.2 Å². The van der Waals surface area contributed by atoms with Crippen molar-refractivity contribution in [3.05, 3.63) is 65.7 Å². The van der Waals surface area contributed by atoms with Crippen LogP contribution in [-0.2, 0) is 24.3 Å². The zero-order chi connectivity index (χ0) is 23.3. The lowest BCUT2D eigenvalue weighted by Gasteiger charge is -2.14. The number of benzene rings is 3. The molecule has 1 N–H and O–H groups in total. The van der Waals surface area contributed by atoms with Gasteiger partial charge in [0.25, 0.3) is 5.91 Å². The molecule has 10 heteroatoms. The lowest BCUT2D eigenvalue weighted by atomic mass is 10.1. The summed E-state index contributed by atoms with van der Waals surface area (Å²) in [4.78, 5) is 23.9. The van der Waals surface area contributed by atoms with Crippen LogP contribution in [0.1, 0.15) is 0 Å². The maximum absolute atomic E-state index is 12.3. The van der Waals surface area contributed by atoms with Crippen molar-refractivity contribution in [2.75, 3.05) is 32.6 Å². The number of rotatable bonds is 8. The van der Waals surface area contributed by atoms with E-state index in [0.29, 0.717) is 5.75 Å². The quantitative estimate of drug-likeness (QED) is 0.500. The largest absolute Gasteiger partial charge is 0.482 e. The van der Waals surface area contributed by atoms with Crippen molar-refractivity contribution >= 4 is 50.0 Å². The number of nitrogens with zero attached hydrogens (tertiary/aromatic N) is 1. The zero-order valence-corrected chi connectivity index (χ0v) is 18.9. The molecule has 32 heavy (non-hydrogen) atoms. The average molecular weight is 477 g/mol. The van der Waals surface area contributed by atoms with Gasteiger partial charge in [0.15, 0.2) is 13.2 Å². The van der Waals surface area contributed by atoms with Crippen LogP contribution in [0.15, 0.2) is 65.6 Å². The van der Waals surface area contributed by atoms with Gasteiger partial charge in [-0.1, -0.05) is 41.9 Å². The molecule has 3 rings (SSSR count). The van der Waals surface area contributed by atoms with Crippen molar-refractivity contribution < 1.29 is 27.5 Å². The summed E-state index contributed by atoms with van der Waals surface area (Å²) >= 11 is 5.98. The van der Waals surface area contributed by atoms with Gasteiger partial charge in [0, 0.05) is 19.8 Å². The van der Waals surface area contributed by atoms with E-state index in [0.717, 1.165) is 15.1 Å². The summed E-state index contributed by atoms with van der Waals surface area (Å²) in [6, 6.07) is 17.2. The van der Waals surface area contributed by atoms with Crippen LogP contribution in [-0.4, -0.2) is 51.9 Å². The Morgan fingerprint density at radius 2 is 1.69 bits per heavy atom. The summed E-state index contributed by atoms with van der Waals surface area (Å²) in [5, 5.41) is 4.51. The van der Waals surface area contributed by atoms with Crippen LogP contribution in [0, 0.1) is 0 Å². The van der Waals surface area contributed by atoms with Crippen LogP contribution in [0.3, 0.4) is 0 Å². The molecule has 0 aliphatic carbocycles. The van der Waals surface area contributed by atoms with Crippen molar-refractivity contribution in [1.82, 2.24) is 4.31 Å². The van der Waals surface area contributed by atoms with E-state index < -0.39 is 28.5 Å². The summed E-state index contributed by atoms with van der Waals surface area (Å²) in [6.45, 7) is -0.921. The SMILES string of the molecule is CN(C)S(=O)(=O)c1cc(NC(=O)COC(=O)COc2ccc3ccccc3c2)ccc1Cl. The minimum absolute atomic E-state index is 0.0222. The number of carbonyl (C=O) groups is 2. The molecule has 168 valence electrons. The Kier molecular flexibility index (Phi) is 7.34. The Morgan fingerprint density at radius 3 is 2.41 bits per heavy atom. The van der Waals surface area contributed by atoms with Crippen LogP contribution in [0.4, 0.5) is 5.69 Å². The normalized spacial score (nSPS) is 11.4. The third kappa shape index (κ3) is 5.76. The molecule has 0 heterocycles. The maximum atomic E-state index is 12.3. The molecule has 0 spiro atoms. The number of nitrogens with one attached hydrogen (secondary N) is 1. The molecule has 3 aromatic carbocycles. The van der Waals surface area contributed by atoms with Gasteiger partial charge in [-0.3, -0.25) is 4.79 Å². The topological polar surface area (TPSA) is 102 Å². The highest BCUT2D eigenvalue weighted by molar-refractivity contribution is 7.89. The zero-order valence-electron chi connectivity index (χ0n) is 17.4. The third-order valence-corrected chi connectivity index (χ3v) is 6.71. The smallest absolute Gasteiger partial charge is 0.344 e. The second-order valence-electron chi connectivity index (χ2n) is 6.94. The van der Waals surface area contributed by atoms with E-state index in [9.17, 15) is 18.0 Å². The van der Waals surface area contributed by atoms with Crippen LogP contribution >= 0.6 is 11.6 Å². The van der Waals surface area contributed by atoms with Gasteiger partial charge in [0.2, 0.25) is 10.0 Å². The Bertz CT molecular complexity index is 1260. The van der Waals surface area contributed by atoms with Crippen LogP contribution in [0.5, 0.6) is 5.75 Å². The van der Waals surface area contributed by atoms with Crippen molar-refractivity contribution in [3.63, 3.8) is 0 Å². The first-order valence-corrected chi connectivity index (χ1v) is 11.3. The molecule has 0 unspecified atom stereocenters. The first-order valence-electron chi connectivity index (χ1n) is 9.46. The van der Waals surface area contributed by atoms with Gasteiger partial charge in [-0.05, 0) is 41.1 Å². The average Bonchev–Trinajstić information content (AvgIpc) is 2.77. The summed E-state index contributed by atoms with van der Waals surface area (Å²) in [5.41, 5.74) is 0.197. The standard InChI is InChI=1S/C22H21ClN2O6S/c1-25(2)32(28,29)20-12-17(8-10-19(20)23)24-21(26)13-31-22(27)14-30-18-9-7-15-5-3-4-6-16(15)11-18/h3-12H,13-14H2,1-2H3,(H,24,26). The second-order valence-corrected chi connectivity index (χ2v) is 9.47. The number of amides is 1. The van der Waals surface area contributed by atoms with E-state index in [2.05, 4.69) is 5.32 Å². The first-order chi connectivity index (χ1) is 15.2. The minimum atomic E-state index is -3.79. The van der Waals surface area contributed by atoms with E-state index in [4.69, 9.17) is 21.1 Å². The number of esters is 1. The van der Waals surface area contributed by atoms with Crippen LogP contribution in [0.2, 0.25) is 5.02 Å². The van der Waals surface area contributed by atoms with Crippen LogP contribution in [0.25, 0.3) is 10.8 Å². The van der Waals surface area contributed by atoms with Gasteiger partial charge in [0.1, 0.15) is 10.6 Å². The molecular formula is C22H21ClN2O6S.